The molecule has 0 unspecified atom stereocenters. The molecule has 28 heavy (non-hydrogen) atoms. The van der Waals surface area contributed by atoms with Crippen LogP contribution in [0.25, 0.3) is 0 Å². The van der Waals surface area contributed by atoms with E-state index in [4.69, 9.17) is 4.74 Å². The first-order chi connectivity index (χ1) is 13.3. The first-order valence-electron chi connectivity index (χ1n) is 9.31. The normalized spacial score (nSPS) is 12.3. The number of hydrogen-bond acceptors (Lipinski definition) is 4. The molecule has 0 aliphatic heterocycles. The maximum atomic E-state index is 12.8. The molecule has 6 nitrogen and oxygen atoms in total. The van der Waals surface area contributed by atoms with E-state index in [0.29, 0.717) is 25.3 Å². The van der Waals surface area contributed by atoms with E-state index in [0.717, 1.165) is 23.1 Å². The number of nitrogens with zero attached hydrogens (tertiary/aromatic N) is 1. The summed E-state index contributed by atoms with van der Waals surface area (Å²) in [5.41, 5.74) is 2.33. The van der Waals surface area contributed by atoms with Gasteiger partial charge in [-0.2, -0.15) is 0 Å². The van der Waals surface area contributed by atoms with E-state index >= 15 is 0 Å². The van der Waals surface area contributed by atoms with Crippen LogP contribution in [0.15, 0.2) is 48.5 Å². The van der Waals surface area contributed by atoms with Crippen LogP contribution in [0.2, 0.25) is 0 Å². The third-order valence-corrected chi connectivity index (χ3v) is 5.47. The second-order valence-corrected chi connectivity index (χ2v) is 8.48. The second-order valence-electron chi connectivity index (χ2n) is 6.62. The zero-order valence-electron chi connectivity index (χ0n) is 16.8. The van der Waals surface area contributed by atoms with E-state index in [2.05, 4.69) is 5.32 Å². The van der Waals surface area contributed by atoms with Crippen LogP contribution in [0.5, 0.6) is 5.75 Å². The number of anilines is 1. The molecule has 0 aliphatic rings. The van der Waals surface area contributed by atoms with Crippen molar-refractivity contribution in [2.75, 3.05) is 17.2 Å². The molecule has 152 valence electrons. The molecule has 0 aliphatic carbocycles. The molecule has 0 radical (unpaired) electrons. The van der Waals surface area contributed by atoms with Crippen LogP contribution < -0.4 is 14.4 Å². The van der Waals surface area contributed by atoms with Crippen molar-refractivity contribution < 1.29 is 17.9 Å². The second kappa shape index (κ2) is 9.59. The number of hydrogen-bond donors (Lipinski definition) is 1. The molecule has 2 aromatic carbocycles. The highest BCUT2D eigenvalue weighted by molar-refractivity contribution is 7.92. The molecule has 0 bridgehead atoms. The number of carbonyl (C=O) groups excluding carboxylic acids is 1. The van der Waals surface area contributed by atoms with Gasteiger partial charge < -0.3 is 10.1 Å². The standard InChI is InChI=1S/C21H28N2O4S/c1-5-20(23(28(4,25)26)18-9-7-8-16(3)14-18)21(24)22-15-17-10-12-19(13-11-17)27-6-2/h7-14,20H,5-6,15H2,1-4H3,(H,22,24)/t20-/m0/s1. The van der Waals surface area contributed by atoms with Gasteiger partial charge in [0.05, 0.1) is 18.6 Å². The molecule has 1 amide bonds. The SMILES string of the molecule is CCOc1ccc(CNC(=O)[C@H](CC)N(c2cccc(C)c2)S(C)(=O)=O)cc1. The van der Waals surface area contributed by atoms with Gasteiger partial charge in [-0.3, -0.25) is 9.10 Å². The number of aryl methyl sites for hydroxylation is 1. The molecule has 0 aromatic heterocycles. The minimum absolute atomic E-state index is 0.313. The van der Waals surface area contributed by atoms with Gasteiger partial charge in [0.25, 0.3) is 0 Å². The van der Waals surface area contributed by atoms with Crippen LogP contribution >= 0.6 is 0 Å². The van der Waals surface area contributed by atoms with Gasteiger partial charge >= 0.3 is 0 Å². The number of nitrogens with one attached hydrogen (secondary N) is 1. The van der Waals surface area contributed by atoms with Crippen LogP contribution in [-0.4, -0.2) is 33.2 Å². The molecular weight excluding hydrogens is 376 g/mol. The van der Waals surface area contributed by atoms with Crippen LogP contribution in [0.4, 0.5) is 5.69 Å². The van der Waals surface area contributed by atoms with E-state index in [9.17, 15) is 13.2 Å². The summed E-state index contributed by atoms with van der Waals surface area (Å²) in [5, 5.41) is 2.85. The van der Waals surface area contributed by atoms with Crippen LogP contribution in [0, 0.1) is 6.92 Å². The lowest BCUT2D eigenvalue weighted by Crippen LogP contribution is -2.49. The van der Waals surface area contributed by atoms with Crippen molar-refractivity contribution in [1.29, 1.82) is 0 Å². The molecule has 0 fully saturated rings. The summed E-state index contributed by atoms with van der Waals surface area (Å²) < 4.78 is 31.5. The van der Waals surface area contributed by atoms with Crippen LogP contribution in [0.3, 0.4) is 0 Å². The highest BCUT2D eigenvalue weighted by Crippen LogP contribution is 2.23. The number of benzene rings is 2. The maximum absolute atomic E-state index is 12.8. The molecule has 7 heteroatoms. The fourth-order valence-electron chi connectivity index (χ4n) is 3.00. The molecular formula is C21H28N2O4S. The Hall–Kier alpha value is -2.54. The van der Waals surface area contributed by atoms with Crippen molar-refractivity contribution in [2.24, 2.45) is 0 Å². The summed E-state index contributed by atoms with van der Waals surface area (Å²) in [6.07, 6.45) is 1.48. The zero-order chi connectivity index (χ0) is 20.7. The van der Waals surface area contributed by atoms with Gasteiger partial charge in [0, 0.05) is 6.54 Å². The number of rotatable bonds is 9. The molecule has 0 heterocycles. The number of amides is 1. The fraction of sp³-hybridized carbons (Fsp3) is 0.381. The number of sulfonamides is 1. The lowest BCUT2D eigenvalue weighted by Gasteiger charge is -2.30. The van der Waals surface area contributed by atoms with Gasteiger partial charge in [-0.25, -0.2) is 8.42 Å². The maximum Gasteiger partial charge on any atom is 0.244 e. The van der Waals surface area contributed by atoms with E-state index in [1.165, 1.54) is 4.31 Å². The highest BCUT2D eigenvalue weighted by atomic mass is 32.2. The Labute approximate surface area is 167 Å². The summed E-state index contributed by atoms with van der Waals surface area (Å²) >= 11 is 0. The average Bonchev–Trinajstić information content (AvgIpc) is 2.64. The predicted octanol–water partition coefficient (Wildman–Crippen LogP) is 3.25. The van der Waals surface area contributed by atoms with Crippen molar-refractivity contribution in [1.82, 2.24) is 5.32 Å². The van der Waals surface area contributed by atoms with Gasteiger partial charge in [0.1, 0.15) is 11.8 Å². The summed E-state index contributed by atoms with van der Waals surface area (Å²) in [4.78, 5) is 12.8. The Morgan fingerprint density at radius 2 is 1.82 bits per heavy atom. The Balaban J connectivity index is 2.17. The Kier molecular flexibility index (Phi) is 7.45. The van der Waals surface area contributed by atoms with Crippen LogP contribution in [0.1, 0.15) is 31.4 Å². The summed E-state index contributed by atoms with van der Waals surface area (Å²) in [7, 11) is -3.63. The topological polar surface area (TPSA) is 75.7 Å². The largest absolute Gasteiger partial charge is 0.494 e. The summed E-state index contributed by atoms with van der Waals surface area (Å²) in [6.45, 7) is 6.51. The highest BCUT2D eigenvalue weighted by Gasteiger charge is 2.31. The first kappa shape index (κ1) is 21.8. The fourth-order valence-corrected chi connectivity index (χ4v) is 4.21. The van der Waals surface area contributed by atoms with Crippen LogP contribution in [-0.2, 0) is 21.4 Å². The zero-order valence-corrected chi connectivity index (χ0v) is 17.6. The van der Waals surface area contributed by atoms with Gasteiger partial charge in [-0.05, 0) is 55.7 Å². The number of carbonyl (C=O) groups is 1. The van der Waals surface area contributed by atoms with E-state index in [-0.39, 0.29) is 5.91 Å². The van der Waals surface area contributed by atoms with E-state index in [1.807, 2.05) is 44.2 Å². The molecule has 0 saturated heterocycles. The van der Waals surface area contributed by atoms with Gasteiger partial charge in [-0.15, -0.1) is 0 Å². The van der Waals surface area contributed by atoms with Crippen molar-refractivity contribution in [3.8, 4) is 5.75 Å². The molecule has 2 aromatic rings. The Bertz CT molecular complexity index is 895. The van der Waals surface area contributed by atoms with Gasteiger partial charge in [0.15, 0.2) is 0 Å². The van der Waals surface area contributed by atoms with E-state index in [1.54, 1.807) is 25.1 Å². The summed E-state index contributed by atoms with van der Waals surface area (Å²) in [6, 6.07) is 13.8. The molecule has 1 N–H and O–H groups in total. The van der Waals surface area contributed by atoms with Gasteiger partial charge in [0.2, 0.25) is 15.9 Å². The third-order valence-electron chi connectivity index (χ3n) is 4.29. The molecule has 0 spiro atoms. The predicted molar refractivity (Wildman–Crippen MR) is 112 cm³/mol. The molecule has 0 saturated carbocycles. The quantitative estimate of drug-likeness (QED) is 0.696. The minimum atomic E-state index is -3.63. The summed E-state index contributed by atoms with van der Waals surface area (Å²) in [5.74, 6) is 0.440. The first-order valence-corrected chi connectivity index (χ1v) is 11.2. The van der Waals surface area contributed by atoms with Crippen molar-refractivity contribution in [3.63, 3.8) is 0 Å². The van der Waals surface area contributed by atoms with Crippen molar-refractivity contribution in [2.45, 2.75) is 39.8 Å². The van der Waals surface area contributed by atoms with E-state index < -0.39 is 16.1 Å². The molecule has 2 rings (SSSR count). The van der Waals surface area contributed by atoms with Gasteiger partial charge in [-0.1, -0.05) is 31.2 Å². The third kappa shape index (κ3) is 5.73. The Morgan fingerprint density at radius 3 is 2.36 bits per heavy atom. The van der Waals surface area contributed by atoms with Crippen molar-refractivity contribution in [3.05, 3.63) is 59.7 Å². The monoisotopic (exact) mass is 404 g/mol. The smallest absolute Gasteiger partial charge is 0.244 e. The molecule has 1 atom stereocenters. The lowest BCUT2D eigenvalue weighted by molar-refractivity contribution is -0.122. The number of ether oxygens (including phenoxy) is 1. The van der Waals surface area contributed by atoms with Crippen molar-refractivity contribution >= 4 is 21.6 Å². The average molecular weight is 405 g/mol. The lowest BCUT2D eigenvalue weighted by atomic mass is 10.1. The minimum Gasteiger partial charge on any atom is -0.494 e. The Morgan fingerprint density at radius 1 is 1.14 bits per heavy atom.